The number of amides is 2. The highest BCUT2D eigenvalue weighted by Crippen LogP contribution is 2.22. The molecule has 9 heteroatoms. The van der Waals surface area contributed by atoms with E-state index in [0.717, 1.165) is 12.8 Å². The highest BCUT2D eigenvalue weighted by Gasteiger charge is 2.31. The van der Waals surface area contributed by atoms with E-state index >= 15 is 0 Å². The monoisotopic (exact) mass is 380 g/mol. The number of aromatic nitrogens is 1. The molecule has 3 heterocycles. The summed E-state index contributed by atoms with van der Waals surface area (Å²) in [5.74, 6) is -0.406. The molecule has 0 aliphatic carbocycles. The van der Waals surface area contributed by atoms with Gasteiger partial charge in [0, 0.05) is 38.4 Å². The molecule has 26 heavy (non-hydrogen) atoms. The summed E-state index contributed by atoms with van der Waals surface area (Å²) in [7, 11) is -3.66. The lowest BCUT2D eigenvalue weighted by atomic mass is 10.1. The molecule has 1 aromatic heterocycles. The molecule has 2 fully saturated rings. The highest BCUT2D eigenvalue weighted by molar-refractivity contribution is 7.89. The molecule has 2 aliphatic heterocycles. The molecule has 2 aliphatic rings. The Hall–Kier alpha value is -2.13. The van der Waals surface area contributed by atoms with Crippen LogP contribution in [-0.4, -0.2) is 66.6 Å². The topological polar surface area (TPSA) is 103 Å². The summed E-state index contributed by atoms with van der Waals surface area (Å²) in [6, 6.07) is 1.37. The second-order valence-corrected chi connectivity index (χ2v) is 8.58. The number of carbonyl (C=O) groups is 2. The molecule has 0 aromatic carbocycles. The van der Waals surface area contributed by atoms with Crippen LogP contribution in [0.25, 0.3) is 0 Å². The van der Waals surface area contributed by atoms with E-state index in [4.69, 9.17) is 0 Å². The molecule has 0 atom stereocenters. The maximum atomic E-state index is 12.8. The van der Waals surface area contributed by atoms with Crippen LogP contribution in [0.2, 0.25) is 0 Å². The third-order valence-electron chi connectivity index (χ3n) is 4.90. The molecule has 0 spiro atoms. The van der Waals surface area contributed by atoms with Gasteiger partial charge in [0.25, 0.3) is 5.91 Å². The van der Waals surface area contributed by atoms with Crippen molar-refractivity contribution in [1.29, 1.82) is 0 Å². The van der Waals surface area contributed by atoms with Crippen molar-refractivity contribution in [3.63, 3.8) is 0 Å². The molecule has 142 valence electrons. The molecule has 2 amide bonds. The number of nitrogens with zero attached hydrogens (tertiary/aromatic N) is 2. The van der Waals surface area contributed by atoms with Crippen molar-refractivity contribution in [1.82, 2.24) is 19.5 Å². The Morgan fingerprint density at radius 2 is 1.85 bits per heavy atom. The van der Waals surface area contributed by atoms with Crippen LogP contribution in [0.15, 0.2) is 29.8 Å². The summed E-state index contributed by atoms with van der Waals surface area (Å²) in [6.07, 6.45) is 5.64. The van der Waals surface area contributed by atoms with Crippen LogP contribution in [0.3, 0.4) is 0 Å². The molecule has 0 bridgehead atoms. The maximum absolute atomic E-state index is 12.8. The van der Waals surface area contributed by atoms with Gasteiger partial charge in [0.05, 0.1) is 0 Å². The highest BCUT2D eigenvalue weighted by atomic mass is 32.2. The van der Waals surface area contributed by atoms with Crippen LogP contribution in [0.4, 0.5) is 0 Å². The minimum atomic E-state index is -3.66. The number of sulfonamides is 1. The van der Waals surface area contributed by atoms with Crippen molar-refractivity contribution in [3.8, 4) is 0 Å². The Balaban J connectivity index is 1.65. The van der Waals surface area contributed by atoms with Gasteiger partial charge in [-0.3, -0.25) is 9.59 Å². The van der Waals surface area contributed by atoms with Crippen LogP contribution in [0, 0.1) is 0 Å². The van der Waals surface area contributed by atoms with Gasteiger partial charge in [-0.15, -0.1) is 0 Å². The minimum absolute atomic E-state index is 0.0505. The normalized spacial score (nSPS) is 19.5. The van der Waals surface area contributed by atoms with Gasteiger partial charge in [0.2, 0.25) is 15.9 Å². The third kappa shape index (κ3) is 3.83. The van der Waals surface area contributed by atoms with E-state index < -0.39 is 10.0 Å². The molecule has 2 N–H and O–H groups in total. The van der Waals surface area contributed by atoms with Crippen molar-refractivity contribution in [3.05, 3.63) is 30.6 Å². The molecular formula is C17H24N4O4S. The zero-order chi connectivity index (χ0) is 18.7. The van der Waals surface area contributed by atoms with Gasteiger partial charge < -0.3 is 15.2 Å². The van der Waals surface area contributed by atoms with Crippen LogP contribution >= 0.6 is 0 Å². The van der Waals surface area contributed by atoms with E-state index in [9.17, 15) is 18.0 Å². The van der Waals surface area contributed by atoms with Gasteiger partial charge in [-0.05, 0) is 37.8 Å². The second kappa shape index (κ2) is 7.63. The number of carbonyl (C=O) groups excluding carboxylic acids is 2. The van der Waals surface area contributed by atoms with Crippen molar-refractivity contribution in [2.45, 2.75) is 36.6 Å². The lowest BCUT2D eigenvalue weighted by molar-refractivity contribution is -0.117. The summed E-state index contributed by atoms with van der Waals surface area (Å²) in [5.41, 5.74) is 0.304. The zero-order valence-corrected chi connectivity index (χ0v) is 15.4. The number of piperidine rings is 1. The van der Waals surface area contributed by atoms with Crippen LogP contribution in [-0.2, 0) is 14.8 Å². The molecule has 0 saturated carbocycles. The third-order valence-corrected chi connectivity index (χ3v) is 6.78. The molecule has 1 aromatic rings. The number of rotatable bonds is 5. The average Bonchev–Trinajstić information content (AvgIpc) is 3.33. The number of aromatic amines is 1. The van der Waals surface area contributed by atoms with Gasteiger partial charge in [0.15, 0.2) is 0 Å². The molecular weight excluding hydrogens is 356 g/mol. The first kappa shape index (κ1) is 18.7. The van der Waals surface area contributed by atoms with Gasteiger partial charge in [-0.25, -0.2) is 8.42 Å². The quantitative estimate of drug-likeness (QED) is 0.734. The lowest BCUT2D eigenvalue weighted by Crippen LogP contribution is -2.46. The van der Waals surface area contributed by atoms with Crippen LogP contribution in [0.5, 0.6) is 0 Å². The summed E-state index contributed by atoms with van der Waals surface area (Å²) in [6.45, 7) is 5.49. The summed E-state index contributed by atoms with van der Waals surface area (Å²) < 4.78 is 27.0. The first-order valence-electron chi connectivity index (χ1n) is 8.82. The summed E-state index contributed by atoms with van der Waals surface area (Å²) in [5, 5.41) is 2.80. The summed E-state index contributed by atoms with van der Waals surface area (Å²) >= 11 is 0. The Kier molecular flexibility index (Phi) is 5.47. The molecule has 8 nitrogen and oxygen atoms in total. The molecule has 2 saturated heterocycles. The minimum Gasteiger partial charge on any atom is -0.356 e. The van der Waals surface area contributed by atoms with E-state index in [1.54, 1.807) is 4.90 Å². The predicted molar refractivity (Wildman–Crippen MR) is 96.1 cm³/mol. The summed E-state index contributed by atoms with van der Waals surface area (Å²) in [4.78, 5) is 28.4. The van der Waals surface area contributed by atoms with Crippen LogP contribution < -0.4 is 5.32 Å². The average molecular weight is 380 g/mol. The first-order chi connectivity index (χ1) is 12.4. The van der Waals surface area contributed by atoms with Crippen LogP contribution in [0.1, 0.15) is 36.2 Å². The fourth-order valence-electron chi connectivity index (χ4n) is 3.39. The predicted octanol–water partition coefficient (Wildman–Crippen LogP) is 0.706. The standard InChI is InChI=1S/C17H24N4O4S/c1-2-16(22)19-13-5-9-21(10-6-13)26(24,25)14-11-15(18-12-14)17(23)20-7-3-4-8-20/h2,11-13,18H,1,3-10H2,(H,19,22). The van der Waals surface area contributed by atoms with E-state index in [0.29, 0.717) is 44.7 Å². The number of hydrogen-bond donors (Lipinski definition) is 2. The number of hydrogen-bond acceptors (Lipinski definition) is 4. The fourth-order valence-corrected chi connectivity index (χ4v) is 4.85. The van der Waals surface area contributed by atoms with Crippen molar-refractivity contribution >= 4 is 21.8 Å². The largest absolute Gasteiger partial charge is 0.356 e. The smallest absolute Gasteiger partial charge is 0.270 e. The van der Waals surface area contributed by atoms with Gasteiger partial charge in [-0.1, -0.05) is 6.58 Å². The van der Waals surface area contributed by atoms with E-state index in [1.807, 2.05) is 0 Å². The zero-order valence-electron chi connectivity index (χ0n) is 14.6. The number of nitrogens with one attached hydrogen (secondary N) is 2. The van der Waals surface area contributed by atoms with Gasteiger partial charge >= 0.3 is 0 Å². The maximum Gasteiger partial charge on any atom is 0.270 e. The van der Waals surface area contributed by atoms with Crippen molar-refractivity contribution < 1.29 is 18.0 Å². The Bertz CT molecular complexity index is 787. The molecule has 0 radical (unpaired) electrons. The molecule has 0 unspecified atom stereocenters. The van der Waals surface area contributed by atoms with Gasteiger partial charge in [-0.2, -0.15) is 4.31 Å². The Morgan fingerprint density at radius 3 is 2.46 bits per heavy atom. The Labute approximate surface area is 153 Å². The SMILES string of the molecule is C=CC(=O)NC1CCN(S(=O)(=O)c2c[nH]c(C(=O)N3CCCC3)c2)CC1. The van der Waals surface area contributed by atoms with Crippen molar-refractivity contribution in [2.75, 3.05) is 26.2 Å². The van der Waals surface area contributed by atoms with E-state index in [-0.39, 0.29) is 22.8 Å². The van der Waals surface area contributed by atoms with E-state index in [2.05, 4.69) is 16.9 Å². The fraction of sp³-hybridized carbons (Fsp3) is 0.529. The van der Waals surface area contributed by atoms with Gasteiger partial charge in [0.1, 0.15) is 10.6 Å². The second-order valence-electron chi connectivity index (χ2n) is 6.64. The van der Waals surface area contributed by atoms with E-state index in [1.165, 1.54) is 22.6 Å². The van der Waals surface area contributed by atoms with Crippen molar-refractivity contribution in [2.24, 2.45) is 0 Å². The first-order valence-corrected chi connectivity index (χ1v) is 10.3. The molecule has 3 rings (SSSR count). The Morgan fingerprint density at radius 1 is 1.19 bits per heavy atom. The number of H-pyrrole nitrogens is 1. The number of likely N-dealkylation sites (tertiary alicyclic amines) is 1. The lowest BCUT2D eigenvalue weighted by Gasteiger charge is -2.31.